The normalized spacial score (nSPS) is 11.1. The maximum Gasteiger partial charge on any atom is 0.309 e. The number of nitrogens with zero attached hydrogens (tertiary/aromatic N) is 1. The van der Waals surface area contributed by atoms with Gasteiger partial charge in [0.2, 0.25) is 0 Å². The van der Waals surface area contributed by atoms with Gasteiger partial charge in [0.1, 0.15) is 0 Å². The van der Waals surface area contributed by atoms with Gasteiger partial charge in [0.15, 0.2) is 6.07 Å². The van der Waals surface area contributed by atoms with Crippen molar-refractivity contribution in [2.24, 2.45) is 5.92 Å². The van der Waals surface area contributed by atoms with Gasteiger partial charge < -0.3 is 4.74 Å². The first-order valence-electron chi connectivity index (χ1n) is 5.64. The Morgan fingerprint density at radius 2 is 1.94 bits per heavy atom. The third-order valence-electron chi connectivity index (χ3n) is 2.24. The minimum atomic E-state index is -0.215. The van der Waals surface area contributed by atoms with Crippen molar-refractivity contribution < 1.29 is 9.53 Å². The fourth-order valence-corrected chi connectivity index (χ4v) is 1.15. The van der Waals surface area contributed by atoms with Gasteiger partial charge in [0, 0.05) is 11.4 Å². The number of pyridine rings is 1. The molecule has 17 heavy (non-hydrogen) atoms. The summed E-state index contributed by atoms with van der Waals surface area (Å²) >= 11 is 5.15. The van der Waals surface area contributed by atoms with Gasteiger partial charge in [-0.15, -0.1) is 0 Å². The lowest BCUT2D eigenvalue weighted by Crippen LogP contribution is -2.12. The van der Waals surface area contributed by atoms with E-state index in [4.69, 9.17) is 11.6 Å². The van der Waals surface area contributed by atoms with Gasteiger partial charge in [-0.05, 0) is 32.4 Å². The summed E-state index contributed by atoms with van der Waals surface area (Å²) < 4.78 is 4.52. The van der Waals surface area contributed by atoms with Crippen LogP contribution in [-0.4, -0.2) is 17.0 Å². The van der Waals surface area contributed by atoms with E-state index in [1.807, 2.05) is 45.9 Å². The maximum atomic E-state index is 10.7. The number of carbonyl (C=O) groups excluding carboxylic acids is 1. The minimum Gasteiger partial charge on any atom is -0.449 e. The van der Waals surface area contributed by atoms with E-state index >= 15 is 0 Å². The van der Waals surface area contributed by atoms with E-state index in [1.165, 1.54) is 0 Å². The van der Waals surface area contributed by atoms with Crippen molar-refractivity contribution in [2.75, 3.05) is 6.07 Å². The highest BCUT2D eigenvalue weighted by atomic mass is 35.5. The summed E-state index contributed by atoms with van der Waals surface area (Å²) in [6.07, 6.45) is 0.801. The average Bonchev–Trinajstić information content (AvgIpc) is 2.28. The van der Waals surface area contributed by atoms with Crippen molar-refractivity contribution in [1.82, 2.24) is 4.98 Å². The summed E-state index contributed by atoms with van der Waals surface area (Å²) in [7, 11) is 0. The Morgan fingerprint density at radius 3 is 2.24 bits per heavy atom. The van der Waals surface area contributed by atoms with Crippen LogP contribution in [0.2, 0.25) is 0 Å². The van der Waals surface area contributed by atoms with E-state index in [1.54, 1.807) is 0 Å². The van der Waals surface area contributed by atoms with Gasteiger partial charge in [-0.3, -0.25) is 9.78 Å². The summed E-state index contributed by atoms with van der Waals surface area (Å²) in [5, 5.41) is 0. The molecule has 0 bridgehead atoms. The predicted octanol–water partition coefficient (Wildman–Crippen LogP) is 3.47. The molecule has 0 aliphatic rings. The summed E-state index contributed by atoms with van der Waals surface area (Å²) in [5.41, 5.74) is 2.18. The molecule has 4 heteroatoms. The number of esters is 1. The van der Waals surface area contributed by atoms with Crippen molar-refractivity contribution in [1.29, 1.82) is 0 Å². The standard InChI is InChI=1S/C7H9N.C6H11ClO2/c1-6-4-3-5-7(2)8-6;1-3-5(2)6(8)9-4-7/h3-5H,1-2H3;5H,3-4H2,1-2H3. The topological polar surface area (TPSA) is 39.2 Å². The first-order chi connectivity index (χ1) is 8.01. The average molecular weight is 258 g/mol. The molecule has 0 spiro atoms. The van der Waals surface area contributed by atoms with E-state index in [0.717, 1.165) is 17.8 Å². The van der Waals surface area contributed by atoms with Gasteiger partial charge in [0.05, 0.1) is 5.92 Å². The van der Waals surface area contributed by atoms with Crippen LogP contribution in [0.5, 0.6) is 0 Å². The number of hydrogen-bond acceptors (Lipinski definition) is 3. The fourth-order valence-electron chi connectivity index (χ4n) is 1.04. The Bertz CT molecular complexity index is 325. The third-order valence-corrected chi connectivity index (χ3v) is 2.35. The van der Waals surface area contributed by atoms with Crippen LogP contribution in [0.1, 0.15) is 31.7 Å². The third kappa shape index (κ3) is 7.75. The van der Waals surface area contributed by atoms with Crippen molar-refractivity contribution in [3.8, 4) is 0 Å². The highest BCUT2D eigenvalue weighted by Crippen LogP contribution is 2.02. The van der Waals surface area contributed by atoms with Crippen molar-refractivity contribution in [3.63, 3.8) is 0 Å². The second-order valence-corrected chi connectivity index (χ2v) is 4.02. The molecule has 0 saturated heterocycles. The molecule has 0 N–H and O–H groups in total. The molecule has 1 atom stereocenters. The molecule has 0 aliphatic heterocycles. The molecular formula is C13H20ClNO2. The highest BCUT2D eigenvalue weighted by molar-refractivity contribution is 6.17. The molecule has 3 nitrogen and oxygen atoms in total. The van der Waals surface area contributed by atoms with Gasteiger partial charge >= 0.3 is 5.97 Å². The monoisotopic (exact) mass is 257 g/mol. The zero-order valence-electron chi connectivity index (χ0n) is 10.9. The van der Waals surface area contributed by atoms with Crippen molar-refractivity contribution >= 4 is 17.6 Å². The molecule has 96 valence electrons. The van der Waals surface area contributed by atoms with Gasteiger partial charge in [-0.2, -0.15) is 0 Å². The Kier molecular flexibility index (Phi) is 8.42. The first kappa shape index (κ1) is 15.9. The molecule has 1 unspecified atom stereocenters. The Morgan fingerprint density at radius 1 is 1.41 bits per heavy atom. The smallest absolute Gasteiger partial charge is 0.309 e. The lowest BCUT2D eigenvalue weighted by Gasteiger charge is -2.04. The SMILES string of the molecule is CCC(C)C(=O)OCCl.Cc1cccc(C)n1. The summed E-state index contributed by atoms with van der Waals surface area (Å²) in [5.74, 6) is -0.240. The molecule has 0 aromatic carbocycles. The van der Waals surface area contributed by atoms with Crippen LogP contribution in [0, 0.1) is 19.8 Å². The molecule has 0 aliphatic carbocycles. The number of ether oxygens (including phenoxy) is 1. The van der Waals surface area contributed by atoms with Crippen LogP contribution >= 0.6 is 11.6 Å². The first-order valence-corrected chi connectivity index (χ1v) is 6.17. The van der Waals surface area contributed by atoms with Crippen LogP contribution in [0.4, 0.5) is 0 Å². The molecule has 1 aromatic heterocycles. The minimum absolute atomic E-state index is 0.0243. The largest absolute Gasteiger partial charge is 0.449 e. The molecule has 0 saturated carbocycles. The maximum absolute atomic E-state index is 10.7. The number of hydrogen-bond donors (Lipinski definition) is 0. The number of aryl methyl sites for hydroxylation is 2. The molecule has 0 fully saturated rings. The second-order valence-electron chi connectivity index (χ2n) is 3.80. The molecule has 1 heterocycles. The van der Waals surface area contributed by atoms with E-state index < -0.39 is 0 Å². The number of halogens is 1. The second kappa shape index (κ2) is 8.99. The molecule has 0 radical (unpaired) electrons. The van der Waals surface area contributed by atoms with E-state index in [9.17, 15) is 4.79 Å². The van der Waals surface area contributed by atoms with E-state index in [2.05, 4.69) is 9.72 Å². The van der Waals surface area contributed by atoms with Gasteiger partial charge in [-0.25, -0.2) is 0 Å². The lowest BCUT2D eigenvalue weighted by molar-refractivity contribution is -0.145. The van der Waals surface area contributed by atoms with Gasteiger partial charge in [0.25, 0.3) is 0 Å². The van der Waals surface area contributed by atoms with Crippen molar-refractivity contribution in [3.05, 3.63) is 29.6 Å². The highest BCUT2D eigenvalue weighted by Gasteiger charge is 2.09. The van der Waals surface area contributed by atoms with E-state index in [0.29, 0.717) is 0 Å². The van der Waals surface area contributed by atoms with Crippen molar-refractivity contribution in [2.45, 2.75) is 34.1 Å². The zero-order chi connectivity index (χ0) is 13.3. The van der Waals surface area contributed by atoms with E-state index in [-0.39, 0.29) is 18.0 Å². The molecular weight excluding hydrogens is 238 g/mol. The number of rotatable bonds is 3. The zero-order valence-corrected chi connectivity index (χ0v) is 11.6. The van der Waals surface area contributed by atoms with Crippen LogP contribution in [0.15, 0.2) is 18.2 Å². The van der Waals surface area contributed by atoms with Crippen LogP contribution in [0.3, 0.4) is 0 Å². The van der Waals surface area contributed by atoms with Crippen LogP contribution < -0.4 is 0 Å². The number of alkyl halides is 1. The quantitative estimate of drug-likeness (QED) is 0.615. The Balaban J connectivity index is 0.000000302. The molecule has 0 amide bonds. The molecule has 1 aromatic rings. The lowest BCUT2D eigenvalue weighted by atomic mass is 10.1. The Labute approximate surface area is 108 Å². The van der Waals surface area contributed by atoms with Crippen LogP contribution in [-0.2, 0) is 9.53 Å². The fraction of sp³-hybridized carbons (Fsp3) is 0.538. The summed E-state index contributed by atoms with van der Waals surface area (Å²) in [6.45, 7) is 7.73. The molecule has 1 rings (SSSR count). The number of aromatic nitrogens is 1. The number of carbonyl (C=O) groups is 1. The van der Waals surface area contributed by atoms with Crippen LogP contribution in [0.25, 0.3) is 0 Å². The van der Waals surface area contributed by atoms with Gasteiger partial charge in [-0.1, -0.05) is 31.5 Å². The summed E-state index contributed by atoms with van der Waals surface area (Å²) in [6, 6.07) is 5.96. The Hall–Kier alpha value is -1.09. The predicted molar refractivity (Wildman–Crippen MR) is 70.0 cm³/mol. The summed E-state index contributed by atoms with van der Waals surface area (Å²) in [4.78, 5) is 14.8.